The van der Waals surface area contributed by atoms with Gasteiger partial charge in [0.25, 0.3) is 5.95 Å². The number of tetrazole rings is 1. The molecule has 0 saturated carbocycles. The van der Waals surface area contributed by atoms with E-state index < -0.39 is 6.04 Å². The summed E-state index contributed by atoms with van der Waals surface area (Å²) in [6.45, 7) is 3.74. The Morgan fingerprint density at radius 2 is 2.21 bits per heavy atom. The maximum atomic E-state index is 11.4. The Labute approximate surface area is 81.7 Å². The molecule has 0 saturated heterocycles. The summed E-state index contributed by atoms with van der Waals surface area (Å²) in [6, 6.07) is -0.557. The van der Waals surface area contributed by atoms with Crippen molar-refractivity contribution in [1.82, 2.24) is 20.2 Å². The summed E-state index contributed by atoms with van der Waals surface area (Å²) in [5, 5.41) is 13.5. The maximum Gasteiger partial charge on any atom is 0.270 e. The van der Waals surface area contributed by atoms with Crippen molar-refractivity contribution in [2.24, 2.45) is 18.7 Å². The van der Waals surface area contributed by atoms with Crippen LogP contribution >= 0.6 is 0 Å². The van der Waals surface area contributed by atoms with Crippen LogP contribution in [0.5, 0.6) is 0 Å². The lowest BCUT2D eigenvalue weighted by molar-refractivity contribution is -0.118. The number of amides is 1. The quantitative estimate of drug-likeness (QED) is 0.658. The zero-order valence-corrected chi connectivity index (χ0v) is 8.43. The minimum atomic E-state index is -0.557. The van der Waals surface area contributed by atoms with Crippen molar-refractivity contribution in [3.8, 4) is 0 Å². The molecule has 1 atom stereocenters. The molecule has 0 aliphatic heterocycles. The fraction of sp³-hybridized carbons (Fsp3) is 0.714. The van der Waals surface area contributed by atoms with E-state index in [2.05, 4.69) is 20.7 Å². The Bertz CT molecular complexity index is 320. The standard InChI is InChI=1S/C7H14N6O/c1-4(2)5(8)6(14)9-7-10-12-13(3)11-7/h4-5H,8H2,1-3H3,(H,9,11,14)/t5-/m0/s1. The normalized spacial score (nSPS) is 12.9. The van der Waals surface area contributed by atoms with E-state index in [1.807, 2.05) is 13.8 Å². The van der Waals surface area contributed by atoms with Crippen LogP contribution in [0.1, 0.15) is 13.8 Å². The predicted octanol–water partition coefficient (Wildman–Crippen LogP) is -0.868. The Morgan fingerprint density at radius 3 is 2.64 bits per heavy atom. The van der Waals surface area contributed by atoms with Gasteiger partial charge in [-0.15, -0.1) is 5.10 Å². The van der Waals surface area contributed by atoms with Crippen molar-refractivity contribution in [3.05, 3.63) is 0 Å². The van der Waals surface area contributed by atoms with Crippen molar-refractivity contribution in [2.75, 3.05) is 5.32 Å². The summed E-state index contributed by atoms with van der Waals surface area (Å²) in [5.74, 6) is -0.0479. The lowest BCUT2D eigenvalue weighted by atomic mass is 10.1. The van der Waals surface area contributed by atoms with E-state index in [0.717, 1.165) is 0 Å². The number of hydrogen-bond acceptors (Lipinski definition) is 5. The second kappa shape index (κ2) is 4.14. The number of rotatable bonds is 3. The van der Waals surface area contributed by atoms with Crippen LogP contribution in [0.25, 0.3) is 0 Å². The highest BCUT2D eigenvalue weighted by Gasteiger charge is 2.18. The highest BCUT2D eigenvalue weighted by molar-refractivity contribution is 5.93. The number of carbonyl (C=O) groups is 1. The third-order valence-electron chi connectivity index (χ3n) is 1.76. The molecule has 0 spiro atoms. The predicted molar refractivity (Wildman–Crippen MR) is 50.2 cm³/mol. The summed E-state index contributed by atoms with van der Waals surface area (Å²) >= 11 is 0. The second-order valence-electron chi connectivity index (χ2n) is 3.36. The number of aryl methyl sites for hydroxylation is 1. The topological polar surface area (TPSA) is 98.7 Å². The molecule has 0 radical (unpaired) electrons. The van der Waals surface area contributed by atoms with Gasteiger partial charge in [-0.3, -0.25) is 10.1 Å². The molecule has 0 aromatic carbocycles. The molecule has 0 bridgehead atoms. The smallest absolute Gasteiger partial charge is 0.270 e. The first-order valence-corrected chi connectivity index (χ1v) is 4.31. The van der Waals surface area contributed by atoms with Crippen LogP contribution < -0.4 is 11.1 Å². The minimum Gasteiger partial charge on any atom is -0.320 e. The van der Waals surface area contributed by atoms with Crippen LogP contribution in [0.4, 0.5) is 5.95 Å². The number of nitrogens with one attached hydrogen (secondary N) is 1. The fourth-order valence-electron chi connectivity index (χ4n) is 0.830. The van der Waals surface area contributed by atoms with E-state index in [-0.39, 0.29) is 17.8 Å². The van der Waals surface area contributed by atoms with Crippen molar-refractivity contribution in [3.63, 3.8) is 0 Å². The first kappa shape index (κ1) is 10.6. The van der Waals surface area contributed by atoms with E-state index in [4.69, 9.17) is 5.73 Å². The molecule has 0 fully saturated rings. The number of carbonyl (C=O) groups excluding carboxylic acids is 1. The minimum absolute atomic E-state index is 0.0756. The van der Waals surface area contributed by atoms with Gasteiger partial charge in [0.2, 0.25) is 5.91 Å². The highest BCUT2D eigenvalue weighted by Crippen LogP contribution is 2.01. The molecular formula is C7H14N6O. The Kier molecular flexibility index (Phi) is 3.13. The van der Waals surface area contributed by atoms with Gasteiger partial charge in [0.1, 0.15) is 0 Å². The third-order valence-corrected chi connectivity index (χ3v) is 1.76. The summed E-state index contributed by atoms with van der Waals surface area (Å²) in [6.07, 6.45) is 0. The summed E-state index contributed by atoms with van der Waals surface area (Å²) in [5.41, 5.74) is 5.62. The molecule has 0 aliphatic rings. The van der Waals surface area contributed by atoms with E-state index >= 15 is 0 Å². The highest BCUT2D eigenvalue weighted by atomic mass is 16.2. The SMILES string of the molecule is CC(C)[C@H](N)C(=O)Nc1nnn(C)n1. The van der Waals surface area contributed by atoms with E-state index in [1.165, 1.54) is 4.80 Å². The van der Waals surface area contributed by atoms with Crippen LogP contribution in [0, 0.1) is 5.92 Å². The van der Waals surface area contributed by atoms with Gasteiger partial charge < -0.3 is 5.73 Å². The Balaban J connectivity index is 2.57. The number of nitrogens with two attached hydrogens (primary N) is 1. The summed E-state index contributed by atoms with van der Waals surface area (Å²) in [7, 11) is 1.62. The number of hydrogen-bond donors (Lipinski definition) is 2. The molecule has 0 aliphatic carbocycles. The average molecular weight is 198 g/mol. The van der Waals surface area contributed by atoms with Crippen molar-refractivity contribution in [1.29, 1.82) is 0 Å². The fourth-order valence-corrected chi connectivity index (χ4v) is 0.830. The summed E-state index contributed by atoms with van der Waals surface area (Å²) < 4.78 is 0. The molecule has 0 unspecified atom stereocenters. The first-order chi connectivity index (χ1) is 6.50. The molecule has 78 valence electrons. The van der Waals surface area contributed by atoms with Crippen LogP contribution in [-0.2, 0) is 11.8 Å². The molecule has 7 nitrogen and oxygen atoms in total. The van der Waals surface area contributed by atoms with E-state index in [9.17, 15) is 4.79 Å². The molecule has 3 N–H and O–H groups in total. The van der Waals surface area contributed by atoms with Gasteiger partial charge in [-0.2, -0.15) is 4.80 Å². The van der Waals surface area contributed by atoms with Crippen LogP contribution in [0.3, 0.4) is 0 Å². The van der Waals surface area contributed by atoms with Crippen molar-refractivity contribution >= 4 is 11.9 Å². The van der Waals surface area contributed by atoms with Gasteiger partial charge in [0.05, 0.1) is 13.1 Å². The molecule has 14 heavy (non-hydrogen) atoms. The van der Waals surface area contributed by atoms with Crippen LogP contribution in [0.15, 0.2) is 0 Å². The van der Waals surface area contributed by atoms with Crippen molar-refractivity contribution < 1.29 is 4.79 Å². The number of anilines is 1. The van der Waals surface area contributed by atoms with Crippen LogP contribution in [-0.4, -0.2) is 32.2 Å². The van der Waals surface area contributed by atoms with Crippen molar-refractivity contribution in [2.45, 2.75) is 19.9 Å². The van der Waals surface area contributed by atoms with Gasteiger partial charge in [-0.05, 0) is 11.1 Å². The maximum absolute atomic E-state index is 11.4. The first-order valence-electron chi connectivity index (χ1n) is 4.31. The second-order valence-corrected chi connectivity index (χ2v) is 3.36. The molecule has 1 heterocycles. The van der Waals surface area contributed by atoms with Crippen LogP contribution in [0.2, 0.25) is 0 Å². The number of aromatic nitrogens is 4. The lowest BCUT2D eigenvalue weighted by Gasteiger charge is -2.13. The molecule has 7 heteroatoms. The zero-order valence-electron chi connectivity index (χ0n) is 8.43. The van der Waals surface area contributed by atoms with Gasteiger partial charge in [0.15, 0.2) is 0 Å². The molecule has 1 aromatic heterocycles. The van der Waals surface area contributed by atoms with Gasteiger partial charge >= 0.3 is 0 Å². The van der Waals surface area contributed by atoms with Gasteiger partial charge in [-0.1, -0.05) is 18.9 Å². The van der Waals surface area contributed by atoms with E-state index in [0.29, 0.717) is 0 Å². The third kappa shape index (κ3) is 2.49. The summed E-state index contributed by atoms with van der Waals surface area (Å²) in [4.78, 5) is 12.7. The van der Waals surface area contributed by atoms with Gasteiger partial charge in [0, 0.05) is 0 Å². The number of nitrogens with zero attached hydrogens (tertiary/aromatic N) is 4. The Hall–Kier alpha value is -1.50. The Morgan fingerprint density at radius 1 is 1.57 bits per heavy atom. The average Bonchev–Trinajstić information content (AvgIpc) is 2.49. The lowest BCUT2D eigenvalue weighted by Crippen LogP contribution is -2.40. The molecule has 1 aromatic rings. The zero-order chi connectivity index (χ0) is 10.7. The largest absolute Gasteiger partial charge is 0.320 e. The van der Waals surface area contributed by atoms with Gasteiger partial charge in [-0.25, -0.2) is 0 Å². The molecule has 1 amide bonds. The monoisotopic (exact) mass is 198 g/mol. The molecule has 1 rings (SSSR count). The van der Waals surface area contributed by atoms with E-state index in [1.54, 1.807) is 7.05 Å². The molecular weight excluding hydrogens is 184 g/mol.